The lowest BCUT2D eigenvalue weighted by atomic mass is 10.2. The number of rotatable bonds is 9. The van der Waals surface area contributed by atoms with Crippen molar-refractivity contribution in [2.45, 2.75) is 25.4 Å². The minimum absolute atomic E-state index is 0.159. The van der Waals surface area contributed by atoms with E-state index in [4.69, 9.17) is 9.47 Å². The lowest BCUT2D eigenvalue weighted by Crippen LogP contribution is -2.41. The molecule has 1 N–H and O–H groups in total. The zero-order valence-corrected chi connectivity index (χ0v) is 12.9. The molecule has 1 heterocycles. The molecular formula is C12H24N2O5S. The summed E-state index contributed by atoms with van der Waals surface area (Å²) in [5, 5.41) is 2.72. The summed E-state index contributed by atoms with van der Waals surface area (Å²) in [6.07, 6.45) is 3.04. The minimum atomic E-state index is -3.27. The zero-order chi connectivity index (χ0) is 15.0. The van der Waals surface area contributed by atoms with Gasteiger partial charge in [0.25, 0.3) is 0 Å². The molecule has 1 amide bonds. The predicted octanol–water partition coefficient (Wildman–Crippen LogP) is -0.420. The second kappa shape index (κ2) is 8.56. The SMILES string of the molecule is COCCCN(CCNC(=O)C1CCCO1)S(C)(=O)=O. The van der Waals surface area contributed by atoms with Gasteiger partial charge in [0, 0.05) is 40.0 Å². The van der Waals surface area contributed by atoms with Crippen molar-refractivity contribution in [1.29, 1.82) is 0 Å². The molecule has 0 aromatic heterocycles. The summed E-state index contributed by atoms with van der Waals surface area (Å²) in [6, 6.07) is 0. The maximum absolute atomic E-state index is 11.7. The number of sulfonamides is 1. The van der Waals surface area contributed by atoms with Crippen molar-refractivity contribution in [3.63, 3.8) is 0 Å². The second-order valence-electron chi connectivity index (χ2n) is 4.80. The van der Waals surface area contributed by atoms with Crippen molar-refractivity contribution >= 4 is 15.9 Å². The molecular weight excluding hydrogens is 284 g/mol. The van der Waals surface area contributed by atoms with Crippen LogP contribution in [0.3, 0.4) is 0 Å². The van der Waals surface area contributed by atoms with Crippen LogP contribution in [0, 0.1) is 0 Å². The molecule has 1 rings (SSSR count). The standard InChI is InChI=1S/C12H24N2O5S/c1-18-9-4-7-14(20(2,16)17)8-6-13-12(15)11-5-3-10-19-11/h11H,3-10H2,1-2H3,(H,13,15). The van der Waals surface area contributed by atoms with Gasteiger partial charge in [-0.2, -0.15) is 0 Å². The van der Waals surface area contributed by atoms with Crippen molar-refractivity contribution in [2.75, 3.05) is 46.2 Å². The molecule has 0 aliphatic carbocycles. The van der Waals surface area contributed by atoms with Crippen molar-refractivity contribution in [3.05, 3.63) is 0 Å². The van der Waals surface area contributed by atoms with Gasteiger partial charge in [0.05, 0.1) is 6.26 Å². The van der Waals surface area contributed by atoms with Gasteiger partial charge in [0.15, 0.2) is 0 Å². The van der Waals surface area contributed by atoms with Crippen molar-refractivity contribution in [2.24, 2.45) is 0 Å². The molecule has 118 valence electrons. The smallest absolute Gasteiger partial charge is 0.249 e. The third-order valence-electron chi connectivity index (χ3n) is 3.11. The molecule has 0 saturated carbocycles. The number of nitrogens with zero attached hydrogens (tertiary/aromatic N) is 1. The quantitative estimate of drug-likeness (QED) is 0.585. The van der Waals surface area contributed by atoms with E-state index in [9.17, 15) is 13.2 Å². The van der Waals surface area contributed by atoms with Crippen LogP contribution in [-0.4, -0.2) is 70.9 Å². The van der Waals surface area contributed by atoms with Gasteiger partial charge in [0.2, 0.25) is 15.9 Å². The van der Waals surface area contributed by atoms with Crippen LogP contribution in [0.1, 0.15) is 19.3 Å². The number of carbonyl (C=O) groups is 1. The summed E-state index contributed by atoms with van der Waals surface area (Å²) in [7, 11) is -1.69. The number of amides is 1. The number of methoxy groups -OCH3 is 1. The molecule has 0 radical (unpaired) electrons. The summed E-state index contributed by atoms with van der Waals surface area (Å²) in [4.78, 5) is 11.7. The molecule has 20 heavy (non-hydrogen) atoms. The van der Waals surface area contributed by atoms with E-state index in [-0.39, 0.29) is 18.6 Å². The Morgan fingerprint density at radius 2 is 2.20 bits per heavy atom. The van der Waals surface area contributed by atoms with Crippen LogP contribution in [0.25, 0.3) is 0 Å². The van der Waals surface area contributed by atoms with Gasteiger partial charge >= 0.3 is 0 Å². The number of carbonyl (C=O) groups excluding carboxylic acids is 1. The molecule has 7 nitrogen and oxygen atoms in total. The van der Waals surface area contributed by atoms with Gasteiger partial charge in [-0.25, -0.2) is 12.7 Å². The lowest BCUT2D eigenvalue weighted by molar-refractivity contribution is -0.130. The van der Waals surface area contributed by atoms with Crippen LogP contribution in [0.5, 0.6) is 0 Å². The lowest BCUT2D eigenvalue weighted by Gasteiger charge is -2.20. The molecule has 0 bridgehead atoms. The average molecular weight is 308 g/mol. The third kappa shape index (κ3) is 6.17. The topological polar surface area (TPSA) is 84.9 Å². The first-order valence-corrected chi connectivity index (χ1v) is 8.63. The molecule has 1 aliphatic heterocycles. The summed E-state index contributed by atoms with van der Waals surface area (Å²) in [6.45, 7) is 2.07. The Kier molecular flexibility index (Phi) is 7.42. The van der Waals surface area contributed by atoms with E-state index < -0.39 is 10.0 Å². The van der Waals surface area contributed by atoms with Crippen LogP contribution in [0.4, 0.5) is 0 Å². The van der Waals surface area contributed by atoms with Crippen molar-refractivity contribution in [1.82, 2.24) is 9.62 Å². The van der Waals surface area contributed by atoms with Gasteiger partial charge in [-0.15, -0.1) is 0 Å². The molecule has 0 aromatic carbocycles. The van der Waals surface area contributed by atoms with Gasteiger partial charge < -0.3 is 14.8 Å². The van der Waals surface area contributed by atoms with E-state index in [0.717, 1.165) is 12.8 Å². The summed E-state index contributed by atoms with van der Waals surface area (Å²) >= 11 is 0. The molecule has 1 fully saturated rings. The van der Waals surface area contributed by atoms with Crippen LogP contribution in [0.15, 0.2) is 0 Å². The number of nitrogens with one attached hydrogen (secondary N) is 1. The average Bonchev–Trinajstić information content (AvgIpc) is 2.89. The molecule has 1 unspecified atom stereocenters. The predicted molar refractivity (Wildman–Crippen MR) is 74.9 cm³/mol. The van der Waals surface area contributed by atoms with Crippen LogP contribution < -0.4 is 5.32 Å². The Labute approximate surface area is 120 Å². The highest BCUT2D eigenvalue weighted by Crippen LogP contribution is 2.11. The fourth-order valence-corrected chi connectivity index (χ4v) is 2.91. The van der Waals surface area contributed by atoms with E-state index in [0.29, 0.717) is 32.7 Å². The fourth-order valence-electron chi connectivity index (χ4n) is 2.03. The Hall–Kier alpha value is -0.700. The molecule has 0 aromatic rings. The first-order chi connectivity index (χ1) is 9.45. The molecule has 8 heteroatoms. The van der Waals surface area contributed by atoms with E-state index >= 15 is 0 Å². The van der Waals surface area contributed by atoms with Gasteiger partial charge in [-0.05, 0) is 19.3 Å². The molecule has 1 atom stereocenters. The van der Waals surface area contributed by atoms with Crippen LogP contribution in [0.2, 0.25) is 0 Å². The van der Waals surface area contributed by atoms with E-state index in [1.807, 2.05) is 0 Å². The Morgan fingerprint density at radius 3 is 2.75 bits per heavy atom. The zero-order valence-electron chi connectivity index (χ0n) is 12.1. The highest BCUT2D eigenvalue weighted by Gasteiger charge is 2.23. The van der Waals surface area contributed by atoms with Crippen molar-refractivity contribution < 1.29 is 22.7 Å². The summed E-state index contributed by atoms with van der Waals surface area (Å²) < 4.78 is 34.7. The molecule has 1 aliphatic rings. The van der Waals surface area contributed by atoms with Gasteiger partial charge in [-0.1, -0.05) is 0 Å². The molecule has 1 saturated heterocycles. The minimum Gasteiger partial charge on any atom is -0.385 e. The largest absolute Gasteiger partial charge is 0.385 e. The van der Waals surface area contributed by atoms with Crippen LogP contribution in [-0.2, 0) is 24.3 Å². The van der Waals surface area contributed by atoms with E-state index in [2.05, 4.69) is 5.32 Å². The van der Waals surface area contributed by atoms with E-state index in [1.54, 1.807) is 7.11 Å². The third-order valence-corrected chi connectivity index (χ3v) is 4.41. The second-order valence-corrected chi connectivity index (χ2v) is 6.78. The number of ether oxygens (including phenoxy) is 2. The summed E-state index contributed by atoms with van der Waals surface area (Å²) in [5.41, 5.74) is 0. The number of hydrogen-bond acceptors (Lipinski definition) is 5. The first kappa shape index (κ1) is 17.4. The highest BCUT2D eigenvalue weighted by molar-refractivity contribution is 7.88. The van der Waals surface area contributed by atoms with Gasteiger partial charge in [-0.3, -0.25) is 4.79 Å². The normalized spacial score (nSPS) is 19.4. The monoisotopic (exact) mass is 308 g/mol. The van der Waals surface area contributed by atoms with E-state index in [1.165, 1.54) is 10.6 Å². The maximum atomic E-state index is 11.7. The Bertz CT molecular complexity index is 393. The van der Waals surface area contributed by atoms with Crippen LogP contribution >= 0.6 is 0 Å². The molecule has 0 spiro atoms. The van der Waals surface area contributed by atoms with Crippen molar-refractivity contribution in [3.8, 4) is 0 Å². The fraction of sp³-hybridized carbons (Fsp3) is 0.917. The highest BCUT2D eigenvalue weighted by atomic mass is 32.2. The summed E-state index contributed by atoms with van der Waals surface area (Å²) in [5.74, 6) is -0.159. The maximum Gasteiger partial charge on any atom is 0.249 e. The van der Waals surface area contributed by atoms with Gasteiger partial charge in [0.1, 0.15) is 6.10 Å². The Balaban J connectivity index is 2.32. The number of hydrogen-bond donors (Lipinski definition) is 1. The Morgan fingerprint density at radius 1 is 1.45 bits per heavy atom. The first-order valence-electron chi connectivity index (χ1n) is 6.78.